The van der Waals surface area contributed by atoms with Gasteiger partial charge in [0.2, 0.25) is 0 Å². The molecule has 118 valence electrons. The van der Waals surface area contributed by atoms with E-state index in [1.165, 1.54) is 0 Å². The number of likely N-dealkylation sites (tertiary alicyclic amines) is 1. The number of likely N-dealkylation sites (N-methyl/N-ethyl adjacent to an activating group) is 1. The van der Waals surface area contributed by atoms with Gasteiger partial charge in [-0.25, -0.2) is 9.97 Å². The molecule has 3 aromatic rings. The molecule has 1 atom stereocenters. The summed E-state index contributed by atoms with van der Waals surface area (Å²) in [6.45, 7) is 5.52. The van der Waals surface area contributed by atoms with Crippen LogP contribution < -0.4 is 5.73 Å². The average Bonchev–Trinajstić information content (AvgIpc) is 3.20. The zero-order chi connectivity index (χ0) is 15.8. The summed E-state index contributed by atoms with van der Waals surface area (Å²) in [6, 6.07) is 10.8. The molecular formula is C18H21N5. The second kappa shape index (κ2) is 5.66. The number of hydrogen-bond acceptors (Lipinski definition) is 4. The average molecular weight is 307 g/mol. The molecule has 0 saturated carbocycles. The van der Waals surface area contributed by atoms with Gasteiger partial charge in [-0.15, -0.1) is 0 Å². The van der Waals surface area contributed by atoms with Crippen LogP contribution in [0.15, 0.2) is 42.9 Å². The van der Waals surface area contributed by atoms with Crippen LogP contribution in [0, 0.1) is 0 Å². The van der Waals surface area contributed by atoms with Crippen molar-refractivity contribution in [1.82, 2.24) is 19.4 Å². The number of hydrogen-bond donors (Lipinski definition) is 1. The first-order chi connectivity index (χ1) is 11.3. The van der Waals surface area contributed by atoms with E-state index in [0.717, 1.165) is 48.2 Å². The number of nitrogens with zero attached hydrogens (tertiary/aromatic N) is 4. The van der Waals surface area contributed by atoms with Gasteiger partial charge in [0.1, 0.15) is 17.8 Å². The summed E-state index contributed by atoms with van der Waals surface area (Å²) in [5.74, 6) is 0.554. The molecule has 1 aliphatic rings. The summed E-state index contributed by atoms with van der Waals surface area (Å²) in [5, 5.41) is 0.966. The largest absolute Gasteiger partial charge is 0.383 e. The fourth-order valence-corrected chi connectivity index (χ4v) is 3.55. The maximum Gasteiger partial charge on any atom is 0.146 e. The number of anilines is 1. The zero-order valence-electron chi connectivity index (χ0n) is 13.3. The molecule has 3 heterocycles. The van der Waals surface area contributed by atoms with E-state index in [1.807, 2.05) is 18.2 Å². The molecule has 0 amide bonds. The van der Waals surface area contributed by atoms with Crippen molar-refractivity contribution in [2.24, 2.45) is 0 Å². The summed E-state index contributed by atoms with van der Waals surface area (Å²) in [6.07, 6.45) is 4.92. The molecular weight excluding hydrogens is 286 g/mol. The molecule has 1 unspecified atom stereocenters. The van der Waals surface area contributed by atoms with E-state index < -0.39 is 0 Å². The van der Waals surface area contributed by atoms with Crippen LogP contribution in [0.25, 0.3) is 22.2 Å². The van der Waals surface area contributed by atoms with Crippen molar-refractivity contribution in [2.45, 2.75) is 19.4 Å². The second-order valence-electron chi connectivity index (χ2n) is 6.11. The normalized spacial score (nSPS) is 18.7. The van der Waals surface area contributed by atoms with E-state index >= 15 is 0 Å². The first-order valence-corrected chi connectivity index (χ1v) is 8.16. The van der Waals surface area contributed by atoms with Crippen molar-refractivity contribution in [2.75, 3.05) is 25.4 Å². The van der Waals surface area contributed by atoms with Gasteiger partial charge in [-0.3, -0.25) is 0 Å². The Labute approximate surface area is 135 Å². The molecule has 0 spiro atoms. The second-order valence-corrected chi connectivity index (χ2v) is 6.11. The minimum absolute atomic E-state index is 0.448. The highest BCUT2D eigenvalue weighted by Crippen LogP contribution is 2.35. The van der Waals surface area contributed by atoms with Crippen LogP contribution in [0.2, 0.25) is 0 Å². The smallest absolute Gasteiger partial charge is 0.146 e. The van der Waals surface area contributed by atoms with Gasteiger partial charge in [0, 0.05) is 30.9 Å². The van der Waals surface area contributed by atoms with Crippen LogP contribution in [0.3, 0.4) is 0 Å². The Morgan fingerprint density at radius 2 is 2.04 bits per heavy atom. The van der Waals surface area contributed by atoms with Crippen molar-refractivity contribution in [3.8, 4) is 11.1 Å². The quantitative estimate of drug-likeness (QED) is 0.808. The first-order valence-electron chi connectivity index (χ1n) is 8.16. The molecule has 0 aliphatic carbocycles. The van der Waals surface area contributed by atoms with Gasteiger partial charge in [0.05, 0.1) is 5.39 Å². The SMILES string of the molecule is CCN1CCC(n2cc(-c3ccccc3)c3c(N)ncnc32)C1. The third-order valence-corrected chi connectivity index (χ3v) is 4.81. The summed E-state index contributed by atoms with van der Waals surface area (Å²) < 4.78 is 2.30. The fourth-order valence-electron chi connectivity index (χ4n) is 3.55. The van der Waals surface area contributed by atoms with Gasteiger partial charge in [-0.05, 0) is 18.5 Å². The van der Waals surface area contributed by atoms with Crippen LogP contribution in [0.4, 0.5) is 5.82 Å². The lowest BCUT2D eigenvalue weighted by Crippen LogP contribution is -2.20. The third kappa shape index (κ3) is 2.37. The zero-order valence-corrected chi connectivity index (χ0v) is 13.3. The number of benzene rings is 1. The van der Waals surface area contributed by atoms with E-state index in [0.29, 0.717) is 11.9 Å². The van der Waals surface area contributed by atoms with Crippen molar-refractivity contribution < 1.29 is 0 Å². The Kier molecular flexibility index (Phi) is 3.50. The Morgan fingerprint density at radius 3 is 2.78 bits per heavy atom. The van der Waals surface area contributed by atoms with Crippen LogP contribution in [-0.2, 0) is 0 Å². The van der Waals surface area contributed by atoms with Crippen LogP contribution >= 0.6 is 0 Å². The van der Waals surface area contributed by atoms with Gasteiger partial charge in [-0.1, -0.05) is 37.3 Å². The number of aromatic nitrogens is 3. The predicted molar refractivity (Wildman–Crippen MR) is 93.1 cm³/mol. The summed E-state index contributed by atoms with van der Waals surface area (Å²) in [5.41, 5.74) is 9.40. The van der Waals surface area contributed by atoms with Gasteiger partial charge < -0.3 is 15.2 Å². The lowest BCUT2D eigenvalue weighted by atomic mass is 10.1. The molecule has 2 N–H and O–H groups in total. The Balaban J connectivity index is 1.88. The monoisotopic (exact) mass is 307 g/mol. The Bertz CT molecular complexity index is 824. The standard InChI is InChI=1S/C18H21N5/c1-2-22-9-8-14(10-22)23-11-15(13-6-4-3-5-7-13)16-17(19)20-12-21-18(16)23/h3-7,11-12,14H,2,8-10H2,1H3,(H2,19,20,21). The molecule has 23 heavy (non-hydrogen) atoms. The van der Waals surface area contributed by atoms with E-state index in [-0.39, 0.29) is 0 Å². The molecule has 2 aromatic heterocycles. The number of nitrogen functional groups attached to an aromatic ring is 1. The lowest BCUT2D eigenvalue weighted by molar-refractivity contribution is 0.342. The van der Waals surface area contributed by atoms with Crippen molar-refractivity contribution >= 4 is 16.9 Å². The highest BCUT2D eigenvalue weighted by Gasteiger charge is 2.26. The molecule has 5 heteroatoms. The van der Waals surface area contributed by atoms with Crippen LogP contribution in [-0.4, -0.2) is 39.1 Å². The number of nitrogens with two attached hydrogens (primary N) is 1. The van der Waals surface area contributed by atoms with Crippen molar-refractivity contribution in [3.05, 3.63) is 42.9 Å². The molecule has 1 aromatic carbocycles. The highest BCUT2D eigenvalue weighted by molar-refractivity contribution is 6.00. The molecule has 4 rings (SSSR count). The number of fused-ring (bicyclic) bond motifs is 1. The topological polar surface area (TPSA) is 60.0 Å². The highest BCUT2D eigenvalue weighted by atomic mass is 15.2. The van der Waals surface area contributed by atoms with Crippen LogP contribution in [0.1, 0.15) is 19.4 Å². The number of rotatable bonds is 3. The molecule has 1 saturated heterocycles. The van der Waals surface area contributed by atoms with E-state index in [1.54, 1.807) is 6.33 Å². The van der Waals surface area contributed by atoms with Crippen molar-refractivity contribution in [1.29, 1.82) is 0 Å². The van der Waals surface area contributed by atoms with Crippen LogP contribution in [0.5, 0.6) is 0 Å². The Hall–Kier alpha value is -2.40. The summed E-state index contributed by atoms with van der Waals surface area (Å²) in [4.78, 5) is 11.2. The van der Waals surface area contributed by atoms with Gasteiger partial charge >= 0.3 is 0 Å². The molecule has 1 aliphatic heterocycles. The van der Waals surface area contributed by atoms with E-state index in [4.69, 9.17) is 5.73 Å². The first kappa shape index (κ1) is 14.2. The van der Waals surface area contributed by atoms with Gasteiger partial charge in [0.25, 0.3) is 0 Å². The van der Waals surface area contributed by atoms with Gasteiger partial charge in [-0.2, -0.15) is 0 Å². The van der Waals surface area contributed by atoms with E-state index in [2.05, 4.69) is 44.7 Å². The minimum atomic E-state index is 0.448. The summed E-state index contributed by atoms with van der Waals surface area (Å²) in [7, 11) is 0. The maximum atomic E-state index is 6.18. The maximum absolute atomic E-state index is 6.18. The van der Waals surface area contributed by atoms with Crippen molar-refractivity contribution in [3.63, 3.8) is 0 Å². The van der Waals surface area contributed by atoms with E-state index in [9.17, 15) is 0 Å². The molecule has 1 fully saturated rings. The lowest BCUT2D eigenvalue weighted by Gasteiger charge is -2.15. The fraction of sp³-hybridized carbons (Fsp3) is 0.333. The Morgan fingerprint density at radius 1 is 1.22 bits per heavy atom. The van der Waals surface area contributed by atoms with Gasteiger partial charge in [0.15, 0.2) is 0 Å². The molecule has 5 nitrogen and oxygen atoms in total. The third-order valence-electron chi connectivity index (χ3n) is 4.81. The minimum Gasteiger partial charge on any atom is -0.383 e. The predicted octanol–water partition coefficient (Wildman–Crippen LogP) is 2.95. The molecule has 0 bridgehead atoms. The summed E-state index contributed by atoms with van der Waals surface area (Å²) >= 11 is 0. The molecule has 0 radical (unpaired) electrons.